The Labute approximate surface area is 179 Å². The van der Waals surface area contributed by atoms with Crippen LogP contribution < -0.4 is 14.5 Å². The number of H-pyrrole nitrogens is 1. The van der Waals surface area contributed by atoms with E-state index in [0.29, 0.717) is 5.88 Å². The van der Waals surface area contributed by atoms with Crippen LogP contribution in [0.2, 0.25) is 0 Å². The van der Waals surface area contributed by atoms with Gasteiger partial charge in [-0.1, -0.05) is 0 Å². The van der Waals surface area contributed by atoms with Crippen LogP contribution in [0.4, 0.5) is 11.6 Å². The Bertz CT molecular complexity index is 1170. The van der Waals surface area contributed by atoms with Crippen molar-refractivity contribution in [3.63, 3.8) is 0 Å². The second-order valence-corrected chi connectivity index (χ2v) is 7.61. The van der Waals surface area contributed by atoms with Gasteiger partial charge < -0.3 is 14.5 Å². The Hall–Kier alpha value is -3.82. The van der Waals surface area contributed by atoms with Crippen LogP contribution in [0.5, 0.6) is 5.88 Å². The summed E-state index contributed by atoms with van der Waals surface area (Å²) >= 11 is 0. The number of anilines is 2. The number of pyridine rings is 1. The summed E-state index contributed by atoms with van der Waals surface area (Å²) in [5.41, 5.74) is 2.36. The summed E-state index contributed by atoms with van der Waals surface area (Å²) in [6.07, 6.45) is 6.73. The smallest absolute Gasteiger partial charge is 0.214 e. The minimum absolute atomic E-state index is 0.0481. The van der Waals surface area contributed by atoms with Gasteiger partial charge >= 0.3 is 0 Å². The van der Waals surface area contributed by atoms with Crippen LogP contribution in [-0.2, 0) is 0 Å². The Balaban J connectivity index is 1.37. The number of fused-ring (bicyclic) bond motifs is 1. The molecule has 31 heavy (non-hydrogen) atoms. The van der Waals surface area contributed by atoms with Gasteiger partial charge in [0.2, 0.25) is 5.88 Å². The fourth-order valence-corrected chi connectivity index (χ4v) is 3.68. The molecule has 0 bridgehead atoms. The molecule has 0 spiro atoms. The van der Waals surface area contributed by atoms with Crippen LogP contribution in [-0.4, -0.2) is 67.4 Å². The standard InChI is InChI=1S/C21H23N9O/c1-14(2)31-20-9-15-17(11-23-20)27-28-21(15)16-10-19(26-13-24-16)30-7-5-29(6-8-30)18-3-4-22-12-25-18/h3-4,9-14H,5-8H2,1-2H3,(H,27,28). The molecular formula is C21H23N9O. The molecule has 0 atom stereocenters. The molecule has 10 heteroatoms. The lowest BCUT2D eigenvalue weighted by Gasteiger charge is -2.35. The van der Waals surface area contributed by atoms with E-state index in [1.165, 1.54) is 0 Å². The number of rotatable bonds is 5. The van der Waals surface area contributed by atoms with Gasteiger partial charge in [0, 0.05) is 49.9 Å². The van der Waals surface area contributed by atoms with Crippen molar-refractivity contribution in [1.29, 1.82) is 0 Å². The number of ether oxygens (including phenoxy) is 1. The molecule has 10 nitrogen and oxygen atoms in total. The van der Waals surface area contributed by atoms with E-state index in [1.54, 1.807) is 25.0 Å². The molecule has 5 heterocycles. The molecule has 1 fully saturated rings. The topological polar surface area (TPSA) is 109 Å². The van der Waals surface area contributed by atoms with E-state index in [9.17, 15) is 0 Å². The number of piperazine rings is 1. The van der Waals surface area contributed by atoms with Gasteiger partial charge in [-0.15, -0.1) is 0 Å². The van der Waals surface area contributed by atoms with Gasteiger partial charge in [0.15, 0.2) is 0 Å². The van der Waals surface area contributed by atoms with E-state index in [2.05, 4.69) is 44.9 Å². The molecule has 1 aliphatic rings. The lowest BCUT2D eigenvalue weighted by Crippen LogP contribution is -2.47. The Morgan fingerprint density at radius 2 is 1.71 bits per heavy atom. The molecule has 1 aliphatic heterocycles. The van der Waals surface area contributed by atoms with Crippen LogP contribution in [0.25, 0.3) is 22.3 Å². The largest absolute Gasteiger partial charge is 0.475 e. The van der Waals surface area contributed by atoms with E-state index in [0.717, 1.165) is 60.1 Å². The molecule has 1 N–H and O–H groups in total. The number of hydrogen-bond donors (Lipinski definition) is 1. The van der Waals surface area contributed by atoms with Crippen molar-refractivity contribution in [2.24, 2.45) is 0 Å². The number of hydrogen-bond acceptors (Lipinski definition) is 9. The number of aromatic amines is 1. The van der Waals surface area contributed by atoms with Crippen molar-refractivity contribution >= 4 is 22.5 Å². The van der Waals surface area contributed by atoms with Gasteiger partial charge in [-0.25, -0.2) is 24.9 Å². The first kappa shape index (κ1) is 19.2. The molecule has 4 aromatic rings. The van der Waals surface area contributed by atoms with Gasteiger partial charge in [0.1, 0.15) is 30.0 Å². The molecule has 1 saturated heterocycles. The number of nitrogens with zero attached hydrogens (tertiary/aromatic N) is 8. The highest BCUT2D eigenvalue weighted by atomic mass is 16.5. The summed E-state index contributed by atoms with van der Waals surface area (Å²) in [4.78, 5) is 26.2. The van der Waals surface area contributed by atoms with Gasteiger partial charge in [-0.2, -0.15) is 5.10 Å². The fourth-order valence-electron chi connectivity index (χ4n) is 3.68. The minimum atomic E-state index is 0.0481. The highest BCUT2D eigenvalue weighted by Crippen LogP contribution is 2.29. The van der Waals surface area contributed by atoms with Crippen LogP contribution in [0.1, 0.15) is 13.8 Å². The molecule has 158 valence electrons. The summed E-state index contributed by atoms with van der Waals surface area (Å²) in [7, 11) is 0. The Kier molecular flexibility index (Phi) is 5.03. The van der Waals surface area contributed by atoms with E-state index in [-0.39, 0.29) is 6.10 Å². The van der Waals surface area contributed by atoms with E-state index in [1.807, 2.05) is 32.0 Å². The van der Waals surface area contributed by atoms with Crippen LogP contribution >= 0.6 is 0 Å². The number of aromatic nitrogens is 7. The normalized spacial score (nSPS) is 14.4. The quantitative estimate of drug-likeness (QED) is 0.523. The summed E-state index contributed by atoms with van der Waals surface area (Å²) in [6, 6.07) is 5.82. The molecule has 0 aliphatic carbocycles. The van der Waals surface area contributed by atoms with E-state index < -0.39 is 0 Å². The maximum atomic E-state index is 5.74. The molecule has 0 radical (unpaired) electrons. The molecule has 5 rings (SSSR count). The number of nitrogens with one attached hydrogen (secondary N) is 1. The van der Waals surface area contributed by atoms with Crippen molar-refractivity contribution < 1.29 is 4.74 Å². The van der Waals surface area contributed by atoms with Crippen molar-refractivity contribution in [2.75, 3.05) is 36.0 Å². The molecule has 0 saturated carbocycles. The Morgan fingerprint density at radius 1 is 0.935 bits per heavy atom. The first-order chi connectivity index (χ1) is 15.2. The predicted octanol–water partition coefficient (Wildman–Crippen LogP) is 2.32. The summed E-state index contributed by atoms with van der Waals surface area (Å²) < 4.78 is 5.74. The van der Waals surface area contributed by atoms with E-state index in [4.69, 9.17) is 4.74 Å². The predicted molar refractivity (Wildman–Crippen MR) is 117 cm³/mol. The molecule has 0 aromatic carbocycles. The highest BCUT2D eigenvalue weighted by Gasteiger charge is 2.20. The fraction of sp³-hybridized carbons (Fsp3) is 0.333. The maximum absolute atomic E-state index is 5.74. The summed E-state index contributed by atoms with van der Waals surface area (Å²) in [5, 5.41) is 8.42. The SMILES string of the molecule is CC(C)Oc1cc2c(-c3cc(N4CCN(c5ccncn5)CC4)ncn3)n[nH]c2cn1. The average molecular weight is 417 g/mol. The zero-order valence-electron chi connectivity index (χ0n) is 17.4. The second-order valence-electron chi connectivity index (χ2n) is 7.61. The van der Waals surface area contributed by atoms with E-state index >= 15 is 0 Å². The van der Waals surface area contributed by atoms with Crippen LogP contribution in [0.15, 0.2) is 43.2 Å². The van der Waals surface area contributed by atoms with Crippen LogP contribution in [0, 0.1) is 0 Å². The van der Waals surface area contributed by atoms with Crippen molar-refractivity contribution in [3.8, 4) is 17.3 Å². The van der Waals surface area contributed by atoms with Crippen molar-refractivity contribution in [3.05, 3.63) is 43.2 Å². The van der Waals surface area contributed by atoms with Crippen LogP contribution in [0.3, 0.4) is 0 Å². The summed E-state index contributed by atoms with van der Waals surface area (Å²) in [6.45, 7) is 7.37. The highest BCUT2D eigenvalue weighted by molar-refractivity contribution is 5.92. The monoisotopic (exact) mass is 417 g/mol. The molecule has 4 aromatic heterocycles. The first-order valence-electron chi connectivity index (χ1n) is 10.3. The lowest BCUT2D eigenvalue weighted by atomic mass is 10.2. The third-order valence-electron chi connectivity index (χ3n) is 5.17. The Morgan fingerprint density at radius 3 is 2.45 bits per heavy atom. The zero-order valence-corrected chi connectivity index (χ0v) is 17.4. The van der Waals surface area contributed by atoms with Gasteiger partial charge in [-0.05, 0) is 19.9 Å². The zero-order chi connectivity index (χ0) is 21.2. The lowest BCUT2D eigenvalue weighted by molar-refractivity contribution is 0.233. The first-order valence-corrected chi connectivity index (χ1v) is 10.3. The second kappa shape index (κ2) is 8.13. The molecule has 0 unspecified atom stereocenters. The third-order valence-corrected chi connectivity index (χ3v) is 5.17. The van der Waals surface area contributed by atoms with Gasteiger partial charge in [0.05, 0.1) is 23.5 Å². The maximum Gasteiger partial charge on any atom is 0.214 e. The minimum Gasteiger partial charge on any atom is -0.475 e. The molecule has 0 amide bonds. The molecular weight excluding hydrogens is 394 g/mol. The summed E-state index contributed by atoms with van der Waals surface area (Å²) in [5.74, 6) is 2.41. The van der Waals surface area contributed by atoms with Gasteiger partial charge in [-0.3, -0.25) is 5.10 Å². The van der Waals surface area contributed by atoms with Gasteiger partial charge in [0.25, 0.3) is 0 Å². The van der Waals surface area contributed by atoms with Crippen molar-refractivity contribution in [2.45, 2.75) is 20.0 Å². The average Bonchev–Trinajstić information content (AvgIpc) is 3.23. The third kappa shape index (κ3) is 3.96. The van der Waals surface area contributed by atoms with Crippen molar-refractivity contribution in [1.82, 2.24) is 35.1 Å².